The zero-order valence-electron chi connectivity index (χ0n) is 26.7. The van der Waals surface area contributed by atoms with Crippen LogP contribution in [0.5, 0.6) is 11.5 Å². The van der Waals surface area contributed by atoms with Crippen LogP contribution in [0.25, 0.3) is 27.6 Å². The summed E-state index contributed by atoms with van der Waals surface area (Å²) in [4.78, 5) is 9.49. The van der Waals surface area contributed by atoms with Gasteiger partial charge in [0.05, 0.1) is 29.2 Å². The average molecular weight is 581 g/mol. The molecule has 1 aliphatic rings. The molecule has 0 N–H and O–H groups in total. The standard InChI is InChI=1S/C39H40N4O/c1-38(2,3)26-17-18-35-36(22-26)42(25-41(35)7)29-20-27(39(4,5)6)21-31(24-29)44-30-13-10-12-28(23-30)43-34-16-9-8-14-32(34)33-15-11-19-40-37(33)43/h8-24H,25H2,1-7H3. The Kier molecular flexibility index (Phi) is 6.47. The van der Waals surface area contributed by atoms with E-state index in [0.29, 0.717) is 0 Å². The molecular weight excluding hydrogens is 540 g/mol. The van der Waals surface area contributed by atoms with Gasteiger partial charge in [0.1, 0.15) is 17.1 Å². The molecule has 0 radical (unpaired) electrons. The highest BCUT2D eigenvalue weighted by Crippen LogP contribution is 2.44. The lowest BCUT2D eigenvalue weighted by Crippen LogP contribution is -2.24. The number of nitrogens with zero attached hydrogens (tertiary/aromatic N) is 4. The van der Waals surface area contributed by atoms with Crippen molar-refractivity contribution in [3.05, 3.63) is 114 Å². The number of para-hydroxylation sites is 1. The molecule has 0 amide bonds. The lowest BCUT2D eigenvalue weighted by molar-refractivity contribution is 0.478. The minimum absolute atomic E-state index is 0.0493. The van der Waals surface area contributed by atoms with Crippen molar-refractivity contribution in [3.8, 4) is 17.2 Å². The first kappa shape index (κ1) is 28.0. The molecule has 222 valence electrons. The van der Waals surface area contributed by atoms with Gasteiger partial charge in [0, 0.05) is 41.8 Å². The van der Waals surface area contributed by atoms with E-state index in [9.17, 15) is 0 Å². The first-order valence-corrected chi connectivity index (χ1v) is 15.4. The Morgan fingerprint density at radius 3 is 2.18 bits per heavy atom. The van der Waals surface area contributed by atoms with Gasteiger partial charge < -0.3 is 14.5 Å². The largest absolute Gasteiger partial charge is 0.457 e. The van der Waals surface area contributed by atoms with E-state index < -0.39 is 0 Å². The number of hydrogen-bond donors (Lipinski definition) is 0. The van der Waals surface area contributed by atoms with E-state index in [4.69, 9.17) is 9.72 Å². The topological polar surface area (TPSA) is 33.5 Å². The van der Waals surface area contributed by atoms with Crippen LogP contribution in [0.3, 0.4) is 0 Å². The van der Waals surface area contributed by atoms with Crippen molar-refractivity contribution >= 4 is 39.0 Å². The van der Waals surface area contributed by atoms with Crippen molar-refractivity contribution in [2.75, 3.05) is 23.5 Å². The maximum absolute atomic E-state index is 6.70. The van der Waals surface area contributed by atoms with Gasteiger partial charge in [0.2, 0.25) is 0 Å². The minimum atomic E-state index is -0.0493. The molecule has 0 saturated carbocycles. The predicted octanol–water partition coefficient (Wildman–Crippen LogP) is 10.1. The second-order valence-corrected chi connectivity index (χ2v) is 14.0. The number of fused-ring (bicyclic) bond motifs is 4. The van der Waals surface area contributed by atoms with Gasteiger partial charge in [-0.3, -0.25) is 4.57 Å². The molecule has 0 fully saturated rings. The molecular formula is C39H40N4O. The summed E-state index contributed by atoms with van der Waals surface area (Å²) in [5.41, 5.74) is 9.28. The highest BCUT2D eigenvalue weighted by atomic mass is 16.5. The van der Waals surface area contributed by atoms with E-state index in [2.05, 4.69) is 148 Å². The van der Waals surface area contributed by atoms with E-state index in [1.54, 1.807) is 0 Å². The quantitative estimate of drug-likeness (QED) is 0.208. The Hall–Kier alpha value is -4.77. The molecule has 1 aliphatic heterocycles. The lowest BCUT2D eigenvalue weighted by atomic mass is 9.86. The Bertz CT molecular complexity index is 1970. The zero-order valence-corrected chi connectivity index (χ0v) is 26.7. The predicted molar refractivity (Wildman–Crippen MR) is 184 cm³/mol. The van der Waals surface area contributed by atoms with Gasteiger partial charge in [0.15, 0.2) is 0 Å². The van der Waals surface area contributed by atoms with Crippen LogP contribution in [0.15, 0.2) is 103 Å². The van der Waals surface area contributed by atoms with Gasteiger partial charge in [-0.2, -0.15) is 0 Å². The number of rotatable bonds is 4. The summed E-state index contributed by atoms with van der Waals surface area (Å²) in [6.07, 6.45) is 1.86. The highest BCUT2D eigenvalue weighted by Gasteiger charge is 2.28. The summed E-state index contributed by atoms with van der Waals surface area (Å²) >= 11 is 0. The van der Waals surface area contributed by atoms with Crippen LogP contribution in [0, 0.1) is 0 Å². The van der Waals surface area contributed by atoms with Crippen LogP contribution >= 0.6 is 0 Å². The van der Waals surface area contributed by atoms with Crippen LogP contribution in [-0.2, 0) is 10.8 Å². The van der Waals surface area contributed by atoms with E-state index in [1.807, 2.05) is 18.3 Å². The fourth-order valence-corrected chi connectivity index (χ4v) is 6.22. The number of aromatic nitrogens is 2. The first-order chi connectivity index (χ1) is 21.0. The Labute approximate surface area is 260 Å². The molecule has 5 heteroatoms. The second kappa shape index (κ2) is 10.2. The Balaban J connectivity index is 1.30. The van der Waals surface area contributed by atoms with Crippen molar-refractivity contribution < 1.29 is 4.74 Å². The van der Waals surface area contributed by atoms with Crippen LogP contribution < -0.4 is 14.5 Å². The maximum Gasteiger partial charge on any atom is 0.145 e. The molecule has 0 unspecified atom stereocenters. The lowest BCUT2D eigenvalue weighted by Gasteiger charge is -2.26. The molecule has 6 aromatic rings. The number of ether oxygens (including phenoxy) is 1. The summed E-state index contributed by atoms with van der Waals surface area (Å²) < 4.78 is 8.92. The van der Waals surface area contributed by atoms with Crippen LogP contribution in [0.2, 0.25) is 0 Å². The Morgan fingerprint density at radius 2 is 1.39 bits per heavy atom. The average Bonchev–Trinajstić information content (AvgIpc) is 3.51. The fourth-order valence-electron chi connectivity index (χ4n) is 6.22. The van der Waals surface area contributed by atoms with Crippen molar-refractivity contribution in [1.29, 1.82) is 0 Å². The molecule has 0 saturated heterocycles. The van der Waals surface area contributed by atoms with Gasteiger partial charge in [0.25, 0.3) is 0 Å². The van der Waals surface area contributed by atoms with Gasteiger partial charge in [-0.05, 0) is 76.6 Å². The monoisotopic (exact) mass is 580 g/mol. The normalized spacial score (nSPS) is 13.6. The molecule has 0 aliphatic carbocycles. The minimum Gasteiger partial charge on any atom is -0.457 e. The Morgan fingerprint density at radius 1 is 0.636 bits per heavy atom. The molecule has 0 atom stereocenters. The third-order valence-corrected chi connectivity index (χ3v) is 8.71. The van der Waals surface area contributed by atoms with E-state index in [0.717, 1.165) is 46.1 Å². The molecule has 7 rings (SSSR count). The van der Waals surface area contributed by atoms with Gasteiger partial charge in [-0.15, -0.1) is 0 Å². The molecule has 5 nitrogen and oxygen atoms in total. The zero-order chi connectivity index (χ0) is 30.8. The molecule has 4 aromatic carbocycles. The third-order valence-electron chi connectivity index (χ3n) is 8.71. The summed E-state index contributed by atoms with van der Waals surface area (Å²) in [5.74, 6) is 1.61. The molecule has 0 bridgehead atoms. The van der Waals surface area contributed by atoms with E-state index >= 15 is 0 Å². The van der Waals surface area contributed by atoms with Gasteiger partial charge in [-0.1, -0.05) is 71.9 Å². The number of hydrogen-bond acceptors (Lipinski definition) is 4. The maximum atomic E-state index is 6.70. The van der Waals surface area contributed by atoms with Gasteiger partial charge >= 0.3 is 0 Å². The molecule has 0 spiro atoms. The SMILES string of the molecule is CN1CN(c2cc(Oc3cccc(-n4c5ccccc5c5cccnc54)c3)cc(C(C)(C)C)c2)c2cc(C(C)(C)C)ccc21. The van der Waals surface area contributed by atoms with Crippen molar-refractivity contribution in [2.45, 2.75) is 52.4 Å². The van der Waals surface area contributed by atoms with Crippen molar-refractivity contribution in [1.82, 2.24) is 9.55 Å². The summed E-state index contributed by atoms with van der Waals surface area (Å²) in [7, 11) is 2.16. The number of benzene rings is 4. The highest BCUT2D eigenvalue weighted by molar-refractivity contribution is 6.07. The second-order valence-electron chi connectivity index (χ2n) is 14.0. The molecule has 2 aromatic heterocycles. The molecule has 44 heavy (non-hydrogen) atoms. The third kappa shape index (κ3) is 4.86. The number of pyridine rings is 1. The fraction of sp³-hybridized carbons (Fsp3) is 0.256. The van der Waals surface area contributed by atoms with E-state index in [-0.39, 0.29) is 10.8 Å². The first-order valence-electron chi connectivity index (χ1n) is 15.4. The molecule has 3 heterocycles. The smallest absolute Gasteiger partial charge is 0.145 e. The van der Waals surface area contributed by atoms with Crippen molar-refractivity contribution in [3.63, 3.8) is 0 Å². The van der Waals surface area contributed by atoms with Crippen LogP contribution in [0.4, 0.5) is 17.1 Å². The summed E-state index contributed by atoms with van der Waals surface area (Å²) in [6, 6.07) is 34.5. The van der Waals surface area contributed by atoms with Crippen LogP contribution in [-0.4, -0.2) is 23.3 Å². The summed E-state index contributed by atoms with van der Waals surface area (Å²) in [5, 5.41) is 2.33. The number of anilines is 3. The van der Waals surface area contributed by atoms with Gasteiger partial charge in [-0.25, -0.2) is 4.98 Å². The van der Waals surface area contributed by atoms with Crippen LogP contribution in [0.1, 0.15) is 52.7 Å². The summed E-state index contributed by atoms with van der Waals surface area (Å²) in [6.45, 7) is 14.4. The van der Waals surface area contributed by atoms with E-state index in [1.165, 1.54) is 27.9 Å². The van der Waals surface area contributed by atoms with Crippen molar-refractivity contribution in [2.24, 2.45) is 0 Å².